The van der Waals surface area contributed by atoms with Crippen LogP contribution in [0.15, 0.2) is 212 Å². The zero-order valence-electron chi connectivity index (χ0n) is 34.0. The Bertz CT molecular complexity index is 3480. The maximum Gasteiger partial charge on any atom is 0.160 e. The molecule has 3 heterocycles. The van der Waals surface area contributed by atoms with E-state index >= 15 is 0 Å². The van der Waals surface area contributed by atoms with E-state index in [9.17, 15) is 0 Å². The molecule has 0 bridgehead atoms. The van der Waals surface area contributed by atoms with Crippen LogP contribution in [0.4, 0.5) is 0 Å². The summed E-state index contributed by atoms with van der Waals surface area (Å²) in [5.74, 6) is 0.697. The molecule has 0 spiro atoms. The van der Waals surface area contributed by atoms with Gasteiger partial charge in [-0.1, -0.05) is 158 Å². The summed E-state index contributed by atoms with van der Waals surface area (Å²) in [7, 11) is 0. The molecule has 0 atom stereocenters. The Balaban J connectivity index is 0.938. The van der Waals surface area contributed by atoms with Crippen molar-refractivity contribution in [3.8, 4) is 67.5 Å². The number of hydrogen-bond donors (Lipinski definition) is 0. The van der Waals surface area contributed by atoms with Crippen LogP contribution in [0.25, 0.3) is 106 Å². The van der Waals surface area contributed by atoms with Crippen molar-refractivity contribution < 1.29 is 0 Å². The van der Waals surface area contributed by atoms with Crippen molar-refractivity contribution in [1.82, 2.24) is 19.1 Å². The first kappa shape index (κ1) is 35.8. The molecule has 4 heteroatoms. The number of aromatic nitrogens is 4. The van der Waals surface area contributed by atoms with Crippen molar-refractivity contribution >= 4 is 38.8 Å². The largest absolute Gasteiger partial charge is 0.313 e. The van der Waals surface area contributed by atoms with Crippen molar-refractivity contribution in [2.75, 3.05) is 0 Å². The predicted octanol–water partition coefficient (Wildman–Crippen LogP) is 14.8. The average molecular weight is 793 g/mol. The summed E-state index contributed by atoms with van der Waals surface area (Å²) < 4.78 is 4.83. The first-order chi connectivity index (χ1) is 30.7. The van der Waals surface area contributed by atoms with Gasteiger partial charge in [0.1, 0.15) is 0 Å². The van der Waals surface area contributed by atoms with Gasteiger partial charge in [-0.3, -0.25) is 0 Å². The van der Waals surface area contributed by atoms with E-state index in [1.807, 2.05) is 18.2 Å². The number of hydrogen-bond acceptors (Lipinski definition) is 2. The van der Waals surface area contributed by atoms with Gasteiger partial charge in [-0.15, -0.1) is 0 Å². The SMILES string of the molecule is C1=Cc2c(n(-c3cccc(-c4cccc(-c5cc(-c6cccc(-c7cccc(-n8c9ccccc9c9ccccc98)c7)c6)nc(-c6ccccc6)n5)c4)c3)c3ccccc23)CC1. The highest BCUT2D eigenvalue weighted by atomic mass is 15.0. The maximum absolute atomic E-state index is 5.22. The molecule has 292 valence electrons. The molecule has 62 heavy (non-hydrogen) atoms. The highest BCUT2D eigenvalue weighted by molar-refractivity contribution is 6.09. The van der Waals surface area contributed by atoms with E-state index < -0.39 is 0 Å². The number of benzene rings is 8. The van der Waals surface area contributed by atoms with Gasteiger partial charge in [0.05, 0.1) is 27.9 Å². The fourth-order valence-corrected chi connectivity index (χ4v) is 9.49. The smallest absolute Gasteiger partial charge is 0.160 e. The second-order valence-electron chi connectivity index (χ2n) is 16.1. The number of rotatable bonds is 7. The molecule has 0 saturated carbocycles. The normalized spacial score (nSPS) is 12.3. The predicted molar refractivity (Wildman–Crippen MR) is 258 cm³/mol. The van der Waals surface area contributed by atoms with Crippen LogP contribution in [0, 0.1) is 0 Å². The van der Waals surface area contributed by atoms with E-state index in [0.717, 1.165) is 68.9 Å². The van der Waals surface area contributed by atoms with E-state index in [4.69, 9.17) is 9.97 Å². The first-order valence-corrected chi connectivity index (χ1v) is 21.4. The Morgan fingerprint density at radius 3 is 1.40 bits per heavy atom. The Morgan fingerprint density at radius 2 is 0.806 bits per heavy atom. The molecule has 1 aliphatic rings. The Morgan fingerprint density at radius 1 is 0.355 bits per heavy atom. The second kappa shape index (κ2) is 14.9. The summed E-state index contributed by atoms with van der Waals surface area (Å²) >= 11 is 0. The van der Waals surface area contributed by atoms with Gasteiger partial charge >= 0.3 is 0 Å². The van der Waals surface area contributed by atoms with Crippen molar-refractivity contribution in [2.24, 2.45) is 0 Å². The van der Waals surface area contributed by atoms with Crippen LogP contribution in [-0.4, -0.2) is 19.1 Å². The molecule has 8 aromatic carbocycles. The van der Waals surface area contributed by atoms with Crippen molar-refractivity contribution in [2.45, 2.75) is 12.8 Å². The monoisotopic (exact) mass is 792 g/mol. The zero-order valence-corrected chi connectivity index (χ0v) is 34.0. The summed E-state index contributed by atoms with van der Waals surface area (Å²) in [5, 5.41) is 3.81. The molecule has 4 nitrogen and oxygen atoms in total. The molecule has 12 rings (SSSR count). The lowest BCUT2D eigenvalue weighted by atomic mass is 9.98. The summed E-state index contributed by atoms with van der Waals surface area (Å²) in [6, 6.07) is 73.8. The third kappa shape index (κ3) is 6.15. The number of fused-ring (bicyclic) bond motifs is 6. The molecule has 0 N–H and O–H groups in total. The van der Waals surface area contributed by atoms with Crippen molar-refractivity contribution in [3.63, 3.8) is 0 Å². The summed E-state index contributed by atoms with van der Waals surface area (Å²) in [4.78, 5) is 10.4. The van der Waals surface area contributed by atoms with Gasteiger partial charge in [0.15, 0.2) is 5.82 Å². The van der Waals surface area contributed by atoms with Gasteiger partial charge in [0.25, 0.3) is 0 Å². The molecule has 1 aliphatic carbocycles. The first-order valence-electron chi connectivity index (χ1n) is 21.4. The lowest BCUT2D eigenvalue weighted by Crippen LogP contribution is -2.03. The standard InChI is InChI=1S/C58H40N4/c1-2-16-39(17-3-1)58-59-52(44-22-12-18-40(34-44)42-20-14-24-46(36-42)61-54-30-8-4-26-48(54)49-27-5-9-31-55(49)61)38-53(60-58)45-23-13-19-41(35-45)43-21-15-25-47(37-43)62-56-32-10-6-28-50(56)51-29-7-11-33-57(51)62/h1-10,12-32,34-38H,11,33H2. The highest BCUT2D eigenvalue weighted by Gasteiger charge is 2.19. The lowest BCUT2D eigenvalue weighted by molar-refractivity contribution is 0.889. The molecular weight excluding hydrogens is 753 g/mol. The third-order valence-electron chi connectivity index (χ3n) is 12.4. The fraction of sp³-hybridized carbons (Fsp3) is 0.0345. The summed E-state index contributed by atoms with van der Waals surface area (Å²) in [6.07, 6.45) is 6.68. The van der Waals surface area contributed by atoms with Crippen LogP contribution in [-0.2, 0) is 6.42 Å². The van der Waals surface area contributed by atoms with Gasteiger partial charge in [-0.2, -0.15) is 0 Å². The second-order valence-corrected chi connectivity index (χ2v) is 16.1. The molecule has 3 aromatic heterocycles. The van der Waals surface area contributed by atoms with E-state index in [0.29, 0.717) is 5.82 Å². The minimum Gasteiger partial charge on any atom is -0.313 e. The minimum absolute atomic E-state index is 0.697. The topological polar surface area (TPSA) is 35.6 Å². The van der Waals surface area contributed by atoms with Crippen LogP contribution in [0.3, 0.4) is 0 Å². The van der Waals surface area contributed by atoms with E-state index in [2.05, 4.69) is 209 Å². The Hall–Kier alpha value is -8.08. The van der Waals surface area contributed by atoms with Crippen LogP contribution < -0.4 is 0 Å². The van der Waals surface area contributed by atoms with E-state index in [1.165, 1.54) is 49.7 Å². The van der Waals surface area contributed by atoms with E-state index in [1.54, 1.807) is 0 Å². The third-order valence-corrected chi connectivity index (χ3v) is 12.4. The highest BCUT2D eigenvalue weighted by Crippen LogP contribution is 2.38. The molecule has 0 unspecified atom stereocenters. The fourth-order valence-electron chi connectivity index (χ4n) is 9.49. The van der Waals surface area contributed by atoms with Crippen LogP contribution >= 0.6 is 0 Å². The maximum atomic E-state index is 5.22. The number of allylic oxidation sites excluding steroid dienone is 1. The molecule has 11 aromatic rings. The van der Waals surface area contributed by atoms with Crippen molar-refractivity contribution in [3.05, 3.63) is 224 Å². The van der Waals surface area contributed by atoms with Gasteiger partial charge in [0, 0.05) is 55.5 Å². The average Bonchev–Trinajstić information content (AvgIpc) is 3.87. The summed E-state index contributed by atoms with van der Waals surface area (Å²) in [5.41, 5.74) is 18.0. The number of nitrogens with zero attached hydrogens (tertiary/aromatic N) is 4. The minimum atomic E-state index is 0.697. The molecule has 0 aliphatic heterocycles. The van der Waals surface area contributed by atoms with Gasteiger partial charge in [-0.25, -0.2) is 9.97 Å². The summed E-state index contributed by atoms with van der Waals surface area (Å²) in [6.45, 7) is 0. The Kier molecular flexibility index (Phi) is 8.60. The quantitative estimate of drug-likeness (QED) is 0.161. The van der Waals surface area contributed by atoms with Gasteiger partial charge in [-0.05, 0) is 95.8 Å². The molecule has 0 radical (unpaired) electrons. The Labute approximate surface area is 360 Å². The van der Waals surface area contributed by atoms with Crippen LogP contribution in [0.5, 0.6) is 0 Å². The van der Waals surface area contributed by atoms with Gasteiger partial charge in [0.2, 0.25) is 0 Å². The molecule has 0 fully saturated rings. The molecule has 0 saturated heterocycles. The lowest BCUT2D eigenvalue weighted by Gasteiger charge is -2.15. The zero-order chi connectivity index (χ0) is 41.0. The van der Waals surface area contributed by atoms with Crippen LogP contribution in [0.1, 0.15) is 17.7 Å². The molecular formula is C58H40N4. The van der Waals surface area contributed by atoms with Gasteiger partial charge < -0.3 is 9.13 Å². The van der Waals surface area contributed by atoms with E-state index in [-0.39, 0.29) is 0 Å². The number of para-hydroxylation sites is 3. The van der Waals surface area contributed by atoms with Crippen molar-refractivity contribution in [1.29, 1.82) is 0 Å². The molecule has 0 amide bonds. The van der Waals surface area contributed by atoms with Crippen LogP contribution in [0.2, 0.25) is 0 Å².